The zero-order chi connectivity index (χ0) is 30.8. The highest BCUT2D eigenvalue weighted by Crippen LogP contribution is 2.25. The Bertz CT molecular complexity index is 1420. The highest BCUT2D eigenvalue weighted by Gasteiger charge is 2.38. The minimum absolute atomic E-state index is 0.0517. The molecule has 42 heavy (non-hydrogen) atoms. The van der Waals surface area contributed by atoms with E-state index in [4.69, 9.17) is 4.74 Å². The van der Waals surface area contributed by atoms with Gasteiger partial charge in [0, 0.05) is 13.1 Å². The van der Waals surface area contributed by atoms with E-state index in [2.05, 4.69) is 10.3 Å². The second kappa shape index (κ2) is 15.3. The van der Waals surface area contributed by atoms with Crippen LogP contribution in [0.15, 0.2) is 58.9 Å². The Balaban J connectivity index is 1.75. The number of rotatable bonds is 15. The number of alkyl carbamates (subject to hydrolysis) is 1. The third kappa shape index (κ3) is 9.64. The summed E-state index contributed by atoms with van der Waals surface area (Å²) in [4.78, 5) is 27.6. The van der Waals surface area contributed by atoms with Gasteiger partial charge in [0.25, 0.3) is 0 Å². The predicted molar refractivity (Wildman–Crippen MR) is 151 cm³/mol. The molecule has 0 aliphatic rings. The van der Waals surface area contributed by atoms with E-state index in [0.717, 1.165) is 18.4 Å². The average Bonchev–Trinajstić information content (AvgIpc) is 3.42. The molecule has 0 fully saturated rings. The molecule has 1 heterocycles. The molecule has 15 heteroatoms. The second-order valence-electron chi connectivity index (χ2n) is 9.45. The SMILES string of the molecule is CCCCCN(C[C@@H](O)[C@H](Cc1ccccc1)NC(=O)OCCNC(=O)C(F)(F)F)S(=O)(=O)c1ccc2ncsc2c1. The van der Waals surface area contributed by atoms with E-state index < -0.39 is 53.5 Å². The Kier molecular flexibility index (Phi) is 12.1. The van der Waals surface area contributed by atoms with E-state index in [0.29, 0.717) is 16.6 Å². The Morgan fingerprint density at radius 2 is 1.88 bits per heavy atom. The van der Waals surface area contributed by atoms with Crippen LogP contribution in [0.25, 0.3) is 10.2 Å². The number of hydrogen-bond acceptors (Lipinski definition) is 8. The van der Waals surface area contributed by atoms with Gasteiger partial charge in [0.1, 0.15) is 6.61 Å². The van der Waals surface area contributed by atoms with Crippen molar-refractivity contribution in [2.45, 2.75) is 55.8 Å². The highest BCUT2D eigenvalue weighted by molar-refractivity contribution is 7.89. The molecule has 0 saturated carbocycles. The first kappa shape index (κ1) is 33.2. The van der Waals surface area contributed by atoms with Crippen LogP contribution in [0.1, 0.15) is 31.7 Å². The van der Waals surface area contributed by atoms with E-state index in [-0.39, 0.29) is 24.4 Å². The molecule has 3 rings (SSSR count). The zero-order valence-electron chi connectivity index (χ0n) is 22.8. The third-order valence-electron chi connectivity index (χ3n) is 6.29. The molecule has 0 unspecified atom stereocenters. The molecule has 0 spiro atoms. The van der Waals surface area contributed by atoms with E-state index >= 15 is 0 Å². The number of aliphatic hydroxyl groups excluding tert-OH is 1. The maximum absolute atomic E-state index is 13.7. The summed E-state index contributed by atoms with van der Waals surface area (Å²) < 4.78 is 71.2. The second-order valence-corrected chi connectivity index (χ2v) is 12.3. The average molecular weight is 631 g/mol. The maximum atomic E-state index is 13.7. The minimum atomic E-state index is -5.07. The molecular weight excluding hydrogens is 597 g/mol. The number of aromatic nitrogens is 1. The van der Waals surface area contributed by atoms with Gasteiger partial charge in [-0.1, -0.05) is 50.1 Å². The molecule has 2 aromatic carbocycles. The lowest BCUT2D eigenvalue weighted by Gasteiger charge is -2.29. The van der Waals surface area contributed by atoms with Crippen LogP contribution in [0.2, 0.25) is 0 Å². The Morgan fingerprint density at radius 1 is 1.14 bits per heavy atom. The number of sulfonamides is 1. The number of aliphatic hydroxyl groups is 1. The van der Waals surface area contributed by atoms with Crippen molar-refractivity contribution in [2.24, 2.45) is 0 Å². The standard InChI is InChI=1S/C27H33F3N4O6S2/c1-2-3-7-13-34(42(38,39)20-10-11-21-24(16-20)41-18-32-21)17-23(35)22(15-19-8-5-4-6-9-19)33-26(37)40-14-12-31-25(36)27(28,29)30/h4-6,8-11,16,18,22-23,35H,2-3,7,12-15,17H2,1H3,(H,31,36)(H,33,37)/t22-,23+/m0/s1. The van der Waals surface area contributed by atoms with Gasteiger partial charge in [-0.2, -0.15) is 17.5 Å². The molecule has 0 bridgehead atoms. The number of nitrogens with one attached hydrogen (secondary N) is 2. The van der Waals surface area contributed by atoms with Crippen LogP contribution >= 0.6 is 11.3 Å². The van der Waals surface area contributed by atoms with Crippen molar-refractivity contribution in [3.8, 4) is 0 Å². The van der Waals surface area contributed by atoms with Gasteiger partial charge in [0.15, 0.2) is 0 Å². The lowest BCUT2D eigenvalue weighted by molar-refractivity contribution is -0.173. The summed E-state index contributed by atoms with van der Waals surface area (Å²) in [5.41, 5.74) is 3.02. The van der Waals surface area contributed by atoms with E-state index in [9.17, 15) is 36.3 Å². The van der Waals surface area contributed by atoms with Crippen molar-refractivity contribution < 1.29 is 41.0 Å². The van der Waals surface area contributed by atoms with Gasteiger partial charge in [-0.25, -0.2) is 18.2 Å². The summed E-state index contributed by atoms with van der Waals surface area (Å²) in [7, 11) is -4.04. The number of unbranched alkanes of at least 4 members (excludes halogenated alkanes) is 2. The molecule has 230 valence electrons. The zero-order valence-corrected chi connectivity index (χ0v) is 24.5. The van der Waals surface area contributed by atoms with Crippen LogP contribution in [0, 0.1) is 0 Å². The minimum Gasteiger partial charge on any atom is -0.448 e. The van der Waals surface area contributed by atoms with Crippen molar-refractivity contribution in [1.29, 1.82) is 0 Å². The topological polar surface area (TPSA) is 138 Å². The summed E-state index contributed by atoms with van der Waals surface area (Å²) in [5.74, 6) is -2.16. The Labute approximate surface area is 245 Å². The fourth-order valence-electron chi connectivity index (χ4n) is 4.08. The van der Waals surface area contributed by atoms with Crippen molar-refractivity contribution >= 4 is 43.6 Å². The Morgan fingerprint density at radius 3 is 2.57 bits per heavy atom. The van der Waals surface area contributed by atoms with Crippen molar-refractivity contribution in [3.05, 3.63) is 59.6 Å². The third-order valence-corrected chi connectivity index (χ3v) is 8.94. The fraction of sp³-hybridized carbons (Fsp3) is 0.444. The van der Waals surface area contributed by atoms with E-state index in [1.807, 2.05) is 6.92 Å². The van der Waals surface area contributed by atoms with Gasteiger partial charge in [0.2, 0.25) is 10.0 Å². The summed E-state index contributed by atoms with van der Waals surface area (Å²) in [6.07, 6.45) is -5.23. The molecule has 2 amide bonds. The summed E-state index contributed by atoms with van der Waals surface area (Å²) in [6.45, 7) is 0.636. The lowest BCUT2D eigenvalue weighted by atomic mass is 10.0. The largest absolute Gasteiger partial charge is 0.471 e. The van der Waals surface area contributed by atoms with Gasteiger partial charge in [0.05, 0.1) is 39.3 Å². The van der Waals surface area contributed by atoms with Crippen molar-refractivity contribution in [3.63, 3.8) is 0 Å². The number of benzene rings is 2. The number of halogens is 3. The van der Waals surface area contributed by atoms with Gasteiger partial charge in [-0.15, -0.1) is 11.3 Å². The first-order chi connectivity index (χ1) is 19.9. The molecule has 3 N–H and O–H groups in total. The van der Waals surface area contributed by atoms with Crippen LogP contribution in [0.3, 0.4) is 0 Å². The summed E-state index contributed by atoms with van der Waals surface area (Å²) in [5, 5.41) is 15.3. The number of nitrogens with zero attached hydrogens (tertiary/aromatic N) is 2. The number of thiazole rings is 1. The Hall–Kier alpha value is -3.27. The predicted octanol–water partition coefficient (Wildman–Crippen LogP) is 3.85. The molecular formula is C27H33F3N4O6S2. The van der Waals surface area contributed by atoms with E-state index in [1.54, 1.807) is 47.2 Å². The lowest BCUT2D eigenvalue weighted by Crippen LogP contribution is -2.51. The normalized spacial score (nSPS) is 13.6. The first-order valence-corrected chi connectivity index (χ1v) is 15.6. The number of fused-ring (bicyclic) bond motifs is 1. The monoisotopic (exact) mass is 630 g/mol. The fourth-order valence-corrected chi connectivity index (χ4v) is 6.40. The number of carbonyl (C=O) groups is 2. The summed E-state index contributed by atoms with van der Waals surface area (Å²) >= 11 is 1.30. The number of alkyl halides is 3. The van der Waals surface area contributed by atoms with Crippen LogP contribution in [-0.2, 0) is 26.0 Å². The van der Waals surface area contributed by atoms with Gasteiger partial charge in [-0.3, -0.25) is 4.79 Å². The van der Waals surface area contributed by atoms with Crippen molar-refractivity contribution in [1.82, 2.24) is 19.9 Å². The quantitative estimate of drug-likeness (QED) is 0.217. The molecule has 0 aliphatic carbocycles. The van der Waals surface area contributed by atoms with Crippen LogP contribution < -0.4 is 10.6 Å². The molecule has 10 nitrogen and oxygen atoms in total. The molecule has 0 saturated heterocycles. The highest BCUT2D eigenvalue weighted by atomic mass is 32.2. The number of ether oxygens (including phenoxy) is 1. The maximum Gasteiger partial charge on any atom is 0.471 e. The summed E-state index contributed by atoms with van der Waals surface area (Å²) in [6, 6.07) is 12.4. The molecule has 0 aliphatic heterocycles. The smallest absolute Gasteiger partial charge is 0.448 e. The molecule has 3 aromatic rings. The van der Waals surface area contributed by atoms with Gasteiger partial charge < -0.3 is 20.5 Å². The number of carbonyl (C=O) groups excluding carboxylic acids is 2. The van der Waals surface area contributed by atoms with Crippen LogP contribution in [0.4, 0.5) is 18.0 Å². The van der Waals surface area contributed by atoms with Crippen molar-refractivity contribution in [2.75, 3.05) is 26.2 Å². The molecule has 1 aromatic heterocycles. The molecule has 2 atom stereocenters. The first-order valence-electron chi connectivity index (χ1n) is 13.3. The molecule has 0 radical (unpaired) electrons. The van der Waals surface area contributed by atoms with Crippen LogP contribution in [0.5, 0.6) is 0 Å². The van der Waals surface area contributed by atoms with Crippen LogP contribution in [-0.4, -0.2) is 79.4 Å². The van der Waals surface area contributed by atoms with Gasteiger partial charge in [-0.05, 0) is 36.6 Å². The van der Waals surface area contributed by atoms with E-state index in [1.165, 1.54) is 27.8 Å². The number of hydrogen-bond donors (Lipinski definition) is 3. The van der Waals surface area contributed by atoms with Gasteiger partial charge >= 0.3 is 18.2 Å². The number of amides is 2.